The van der Waals surface area contributed by atoms with Crippen LogP contribution in [0.25, 0.3) is 0 Å². The van der Waals surface area contributed by atoms with Gasteiger partial charge in [0.1, 0.15) is 9.88 Å². The maximum Gasteiger partial charge on any atom is 0.350 e. The smallest absolute Gasteiger partial charge is 0.350 e. The average Bonchev–Trinajstić information content (AvgIpc) is 2.96. The molecule has 0 spiro atoms. The van der Waals surface area contributed by atoms with Crippen molar-refractivity contribution in [2.24, 2.45) is 10.9 Å². The Hall–Kier alpha value is -1.63. The van der Waals surface area contributed by atoms with E-state index in [9.17, 15) is 4.79 Å². The molecule has 0 aromatic carbocycles. The number of esters is 1. The largest absolute Gasteiger partial charge is 0.462 e. The molecule has 0 bridgehead atoms. The Morgan fingerprint density at radius 1 is 1.33 bits per heavy atom. The van der Waals surface area contributed by atoms with Crippen molar-refractivity contribution in [3.8, 4) is 0 Å². The Morgan fingerprint density at radius 2 is 2.00 bits per heavy atom. The van der Waals surface area contributed by atoms with Crippen LogP contribution < -0.4 is 10.6 Å². The third kappa shape index (κ3) is 5.78. The van der Waals surface area contributed by atoms with Crippen LogP contribution in [0.2, 0.25) is 0 Å². The van der Waals surface area contributed by atoms with Crippen molar-refractivity contribution in [1.29, 1.82) is 0 Å². The molecule has 24 heavy (non-hydrogen) atoms. The molecular formula is C17H30N4O2S. The molecule has 1 aromatic rings. The maximum absolute atomic E-state index is 11.9. The summed E-state index contributed by atoms with van der Waals surface area (Å²) >= 11 is 1.37. The molecule has 0 radical (unpaired) electrons. The van der Waals surface area contributed by atoms with Crippen LogP contribution >= 0.6 is 11.3 Å². The van der Waals surface area contributed by atoms with E-state index in [-0.39, 0.29) is 12.0 Å². The van der Waals surface area contributed by atoms with E-state index in [1.54, 1.807) is 14.0 Å². The van der Waals surface area contributed by atoms with E-state index >= 15 is 0 Å². The van der Waals surface area contributed by atoms with Gasteiger partial charge in [0, 0.05) is 13.6 Å². The van der Waals surface area contributed by atoms with E-state index < -0.39 is 0 Å². The SMILES string of the molecule is CCOC(=O)c1sc(C(C)NC(=NC)NCC(CC)CC)nc1C. The number of carbonyl (C=O) groups is 1. The fraction of sp³-hybridized carbons (Fsp3) is 0.706. The predicted octanol–water partition coefficient (Wildman–Crippen LogP) is 3.29. The van der Waals surface area contributed by atoms with Crippen LogP contribution in [0, 0.1) is 12.8 Å². The summed E-state index contributed by atoms with van der Waals surface area (Å²) in [5.74, 6) is 1.08. The van der Waals surface area contributed by atoms with Gasteiger partial charge in [-0.25, -0.2) is 9.78 Å². The molecule has 0 aliphatic rings. The van der Waals surface area contributed by atoms with Gasteiger partial charge in [-0.05, 0) is 26.7 Å². The van der Waals surface area contributed by atoms with Gasteiger partial charge in [0.25, 0.3) is 0 Å². The first-order valence-corrected chi connectivity index (χ1v) is 9.39. The Bertz CT molecular complexity index is 553. The zero-order valence-corrected chi connectivity index (χ0v) is 16.4. The predicted molar refractivity (Wildman–Crippen MR) is 99.8 cm³/mol. The average molecular weight is 355 g/mol. The number of thiazole rings is 1. The standard InChI is InChI=1S/C17H30N4O2S/c1-7-13(8-2)10-19-17(18-6)21-12(5)15-20-11(4)14(24-15)16(22)23-9-3/h12-13H,7-10H2,1-6H3,(H2,18,19,21). The molecule has 0 aliphatic heterocycles. The molecule has 2 N–H and O–H groups in total. The lowest BCUT2D eigenvalue weighted by Crippen LogP contribution is -2.40. The van der Waals surface area contributed by atoms with E-state index in [1.165, 1.54) is 11.3 Å². The topological polar surface area (TPSA) is 75.6 Å². The van der Waals surface area contributed by atoms with Crippen molar-refractivity contribution < 1.29 is 9.53 Å². The van der Waals surface area contributed by atoms with Crippen LogP contribution in [0.1, 0.15) is 67.0 Å². The lowest BCUT2D eigenvalue weighted by molar-refractivity contribution is 0.0531. The van der Waals surface area contributed by atoms with Gasteiger partial charge in [0.05, 0.1) is 18.3 Å². The molecule has 0 saturated carbocycles. The van der Waals surface area contributed by atoms with Crippen molar-refractivity contribution in [2.45, 2.75) is 53.5 Å². The molecule has 1 rings (SSSR count). The number of ether oxygens (including phenoxy) is 1. The summed E-state index contributed by atoms with van der Waals surface area (Å²) in [5, 5.41) is 7.54. The Labute approximate surface area is 149 Å². The molecule has 0 aliphatic carbocycles. The summed E-state index contributed by atoms with van der Waals surface area (Å²) in [6.45, 7) is 11.3. The van der Waals surface area contributed by atoms with Gasteiger partial charge < -0.3 is 15.4 Å². The third-order valence-electron chi connectivity index (χ3n) is 3.93. The van der Waals surface area contributed by atoms with Crippen molar-refractivity contribution in [3.63, 3.8) is 0 Å². The third-order valence-corrected chi connectivity index (χ3v) is 5.25. The number of aliphatic imine (C=N–C) groups is 1. The second kappa shape index (κ2) is 10.3. The van der Waals surface area contributed by atoms with Crippen molar-refractivity contribution in [2.75, 3.05) is 20.2 Å². The van der Waals surface area contributed by atoms with Crippen LogP contribution in [0.4, 0.5) is 0 Å². The molecule has 1 aromatic heterocycles. The van der Waals surface area contributed by atoms with Gasteiger partial charge in [-0.2, -0.15) is 0 Å². The summed E-state index contributed by atoms with van der Waals surface area (Å²) in [6.07, 6.45) is 2.29. The monoisotopic (exact) mass is 354 g/mol. The second-order valence-corrected chi connectivity index (χ2v) is 6.72. The van der Waals surface area contributed by atoms with E-state index in [0.717, 1.165) is 30.4 Å². The van der Waals surface area contributed by atoms with Gasteiger partial charge >= 0.3 is 5.97 Å². The number of aromatic nitrogens is 1. The zero-order chi connectivity index (χ0) is 18.1. The molecular weight excluding hydrogens is 324 g/mol. The molecule has 0 fully saturated rings. The minimum atomic E-state index is -0.304. The molecule has 1 atom stereocenters. The lowest BCUT2D eigenvalue weighted by atomic mass is 10.0. The molecule has 0 saturated heterocycles. The second-order valence-electron chi connectivity index (χ2n) is 5.69. The summed E-state index contributed by atoms with van der Waals surface area (Å²) < 4.78 is 5.07. The quantitative estimate of drug-likeness (QED) is 0.426. The minimum absolute atomic E-state index is 0.0372. The molecule has 1 heterocycles. The number of aryl methyl sites for hydroxylation is 1. The van der Waals surface area contributed by atoms with Crippen molar-refractivity contribution in [3.05, 3.63) is 15.6 Å². The van der Waals surface area contributed by atoms with Gasteiger partial charge in [-0.3, -0.25) is 4.99 Å². The molecule has 6 nitrogen and oxygen atoms in total. The van der Waals surface area contributed by atoms with E-state index in [1.807, 2.05) is 13.8 Å². The number of nitrogens with one attached hydrogen (secondary N) is 2. The maximum atomic E-state index is 11.9. The summed E-state index contributed by atoms with van der Waals surface area (Å²) in [4.78, 5) is 21.3. The van der Waals surface area contributed by atoms with Crippen molar-refractivity contribution in [1.82, 2.24) is 15.6 Å². The number of hydrogen-bond acceptors (Lipinski definition) is 5. The van der Waals surface area contributed by atoms with Gasteiger partial charge in [0.2, 0.25) is 0 Å². The van der Waals surface area contributed by atoms with E-state index in [4.69, 9.17) is 4.74 Å². The van der Waals surface area contributed by atoms with Crippen LogP contribution in [-0.2, 0) is 4.74 Å². The minimum Gasteiger partial charge on any atom is -0.462 e. The normalized spacial score (nSPS) is 13.0. The van der Waals surface area contributed by atoms with Crippen LogP contribution in [0.5, 0.6) is 0 Å². The van der Waals surface area contributed by atoms with E-state index in [2.05, 4.69) is 34.5 Å². The number of rotatable bonds is 8. The first-order valence-electron chi connectivity index (χ1n) is 8.58. The Kier molecular flexibility index (Phi) is 8.74. The molecule has 136 valence electrons. The van der Waals surface area contributed by atoms with Gasteiger partial charge in [-0.1, -0.05) is 26.7 Å². The highest BCUT2D eigenvalue weighted by Gasteiger charge is 2.20. The van der Waals surface area contributed by atoms with Gasteiger partial charge in [0.15, 0.2) is 5.96 Å². The zero-order valence-electron chi connectivity index (χ0n) is 15.6. The summed E-state index contributed by atoms with van der Waals surface area (Å²) in [5.41, 5.74) is 0.710. The highest BCUT2D eigenvalue weighted by Crippen LogP contribution is 2.24. The molecule has 0 amide bonds. The fourth-order valence-corrected chi connectivity index (χ4v) is 3.23. The summed E-state index contributed by atoms with van der Waals surface area (Å²) in [7, 11) is 1.76. The van der Waals surface area contributed by atoms with Crippen LogP contribution in [-0.4, -0.2) is 37.1 Å². The van der Waals surface area contributed by atoms with E-state index in [0.29, 0.717) is 23.1 Å². The first-order chi connectivity index (χ1) is 11.5. The lowest BCUT2D eigenvalue weighted by Gasteiger charge is -2.19. The number of nitrogens with zero attached hydrogens (tertiary/aromatic N) is 2. The van der Waals surface area contributed by atoms with Gasteiger partial charge in [-0.15, -0.1) is 11.3 Å². The van der Waals surface area contributed by atoms with Crippen molar-refractivity contribution >= 4 is 23.3 Å². The van der Waals surface area contributed by atoms with Crippen LogP contribution in [0.3, 0.4) is 0 Å². The fourth-order valence-electron chi connectivity index (χ4n) is 2.27. The highest BCUT2D eigenvalue weighted by atomic mass is 32.1. The highest BCUT2D eigenvalue weighted by molar-refractivity contribution is 7.13. The Morgan fingerprint density at radius 3 is 2.54 bits per heavy atom. The summed E-state index contributed by atoms with van der Waals surface area (Å²) in [6, 6.07) is -0.0372. The Balaban J connectivity index is 2.70. The number of hydrogen-bond donors (Lipinski definition) is 2. The molecule has 1 unspecified atom stereocenters. The molecule has 7 heteroatoms. The number of guanidine groups is 1. The number of carbonyl (C=O) groups excluding carboxylic acids is 1. The first kappa shape index (κ1) is 20.4. The van der Waals surface area contributed by atoms with Crippen LogP contribution in [0.15, 0.2) is 4.99 Å².